The van der Waals surface area contributed by atoms with E-state index in [-0.39, 0.29) is 5.75 Å². The maximum atomic E-state index is 9.50. The van der Waals surface area contributed by atoms with E-state index < -0.39 is 0 Å². The monoisotopic (exact) mass is 285 g/mol. The average Bonchev–Trinajstić information content (AvgIpc) is 2.65. The first kappa shape index (κ1) is 14.2. The highest BCUT2D eigenvalue weighted by molar-refractivity contribution is 5.75. The van der Waals surface area contributed by atoms with Gasteiger partial charge in [-0.15, -0.1) is 0 Å². The third-order valence-electron chi connectivity index (χ3n) is 4.08. The van der Waals surface area contributed by atoms with Gasteiger partial charge in [-0.25, -0.2) is 4.98 Å². The second-order valence-electron chi connectivity index (χ2n) is 7.87. The Kier molecular flexibility index (Phi) is 3.12. The van der Waals surface area contributed by atoms with E-state index in [1.165, 1.54) is 12.0 Å². The number of fused-ring (bicyclic) bond motifs is 1. The number of aromatic nitrogens is 1. The number of aromatic hydroxyl groups is 1. The van der Waals surface area contributed by atoms with E-state index >= 15 is 0 Å². The van der Waals surface area contributed by atoms with Crippen LogP contribution in [0.4, 0.5) is 0 Å². The molecular weight excluding hydrogens is 262 g/mol. The van der Waals surface area contributed by atoms with Gasteiger partial charge in [0.2, 0.25) is 5.89 Å². The Bertz CT molecular complexity index is 689. The highest BCUT2D eigenvalue weighted by atomic mass is 16.3. The number of nitrogens with zero attached hydrogens (tertiary/aromatic N) is 1. The SMILES string of the molecule is CC1(C)CC(=Cc2nc3cc(O)ccc3o2)CC(C)(C)C1. The lowest BCUT2D eigenvalue weighted by Gasteiger charge is -2.42. The van der Waals surface area contributed by atoms with Gasteiger partial charge in [0.05, 0.1) is 0 Å². The number of allylic oxidation sites excluding steroid dienone is 1. The van der Waals surface area contributed by atoms with Crippen molar-refractivity contribution < 1.29 is 9.52 Å². The standard InChI is InChI=1S/C18H23NO2/c1-17(2)9-12(10-18(3,4)11-17)7-16-19-14-8-13(20)5-6-15(14)21-16/h5-8,20H,9-11H2,1-4H3. The number of hydrogen-bond donors (Lipinski definition) is 1. The van der Waals surface area contributed by atoms with Crippen molar-refractivity contribution in [2.24, 2.45) is 10.8 Å². The summed E-state index contributed by atoms with van der Waals surface area (Å²) in [5.41, 5.74) is 3.45. The first-order valence-corrected chi connectivity index (χ1v) is 7.52. The van der Waals surface area contributed by atoms with E-state index in [1.807, 2.05) is 0 Å². The molecule has 0 aliphatic heterocycles. The zero-order valence-electron chi connectivity index (χ0n) is 13.2. The molecule has 2 aromatic rings. The molecule has 0 bridgehead atoms. The van der Waals surface area contributed by atoms with Crippen LogP contribution in [0.5, 0.6) is 5.75 Å². The molecule has 112 valence electrons. The number of phenols is 1. The van der Waals surface area contributed by atoms with E-state index in [4.69, 9.17) is 4.42 Å². The molecule has 0 saturated heterocycles. The molecule has 0 amide bonds. The van der Waals surface area contributed by atoms with Gasteiger partial charge in [-0.05, 0) is 48.3 Å². The Morgan fingerprint density at radius 2 is 1.81 bits per heavy atom. The molecule has 1 aromatic carbocycles. The minimum Gasteiger partial charge on any atom is -0.508 e. The van der Waals surface area contributed by atoms with Crippen LogP contribution in [0, 0.1) is 10.8 Å². The van der Waals surface area contributed by atoms with E-state index in [9.17, 15) is 5.11 Å². The molecule has 3 heteroatoms. The minimum absolute atomic E-state index is 0.218. The molecule has 1 aromatic heterocycles. The van der Waals surface area contributed by atoms with Crippen LogP contribution in [0.3, 0.4) is 0 Å². The van der Waals surface area contributed by atoms with Crippen LogP contribution in [0.25, 0.3) is 17.2 Å². The Morgan fingerprint density at radius 3 is 2.48 bits per heavy atom. The van der Waals surface area contributed by atoms with Crippen molar-refractivity contribution in [1.82, 2.24) is 4.98 Å². The predicted octanol–water partition coefficient (Wildman–Crippen LogP) is 5.15. The van der Waals surface area contributed by atoms with Gasteiger partial charge in [0, 0.05) is 6.07 Å². The molecule has 0 atom stereocenters. The molecule has 1 heterocycles. The Balaban J connectivity index is 1.95. The Morgan fingerprint density at radius 1 is 1.14 bits per heavy atom. The van der Waals surface area contributed by atoms with E-state index in [0.29, 0.717) is 27.8 Å². The van der Waals surface area contributed by atoms with Crippen LogP contribution in [-0.4, -0.2) is 10.1 Å². The maximum Gasteiger partial charge on any atom is 0.219 e. The number of hydrogen-bond acceptors (Lipinski definition) is 3. The molecule has 0 unspecified atom stereocenters. The lowest BCUT2D eigenvalue weighted by molar-refractivity contribution is 0.155. The molecule has 1 aliphatic rings. The van der Waals surface area contributed by atoms with Crippen LogP contribution < -0.4 is 0 Å². The first-order chi connectivity index (χ1) is 9.72. The van der Waals surface area contributed by atoms with Gasteiger partial charge in [-0.3, -0.25) is 0 Å². The summed E-state index contributed by atoms with van der Waals surface area (Å²) in [5.74, 6) is 0.856. The number of phenolic OH excluding ortho intramolecular Hbond substituents is 1. The van der Waals surface area contributed by atoms with Gasteiger partial charge in [-0.1, -0.05) is 33.3 Å². The van der Waals surface area contributed by atoms with Crippen molar-refractivity contribution in [1.29, 1.82) is 0 Å². The third-order valence-corrected chi connectivity index (χ3v) is 4.08. The molecule has 1 saturated carbocycles. The van der Waals surface area contributed by atoms with Gasteiger partial charge < -0.3 is 9.52 Å². The molecule has 3 rings (SSSR count). The summed E-state index contributed by atoms with van der Waals surface area (Å²) in [5, 5.41) is 9.50. The highest BCUT2D eigenvalue weighted by Crippen LogP contribution is 2.48. The molecule has 0 radical (unpaired) electrons. The van der Waals surface area contributed by atoms with Crippen molar-refractivity contribution >= 4 is 17.2 Å². The fraction of sp³-hybridized carbons (Fsp3) is 0.500. The molecular formula is C18H23NO2. The van der Waals surface area contributed by atoms with Crippen molar-refractivity contribution in [3.8, 4) is 5.75 Å². The van der Waals surface area contributed by atoms with E-state index in [1.54, 1.807) is 18.2 Å². The maximum absolute atomic E-state index is 9.50. The van der Waals surface area contributed by atoms with Gasteiger partial charge >= 0.3 is 0 Å². The summed E-state index contributed by atoms with van der Waals surface area (Å²) in [6.07, 6.45) is 5.49. The molecule has 1 aliphatic carbocycles. The van der Waals surface area contributed by atoms with Crippen molar-refractivity contribution in [2.45, 2.75) is 47.0 Å². The third kappa shape index (κ3) is 3.12. The van der Waals surface area contributed by atoms with Crippen molar-refractivity contribution in [3.63, 3.8) is 0 Å². The summed E-state index contributed by atoms with van der Waals surface area (Å²) in [7, 11) is 0. The van der Waals surface area contributed by atoms with Crippen LogP contribution in [-0.2, 0) is 0 Å². The number of oxazole rings is 1. The fourth-order valence-corrected chi connectivity index (χ4v) is 3.98. The summed E-state index contributed by atoms with van der Waals surface area (Å²) in [6.45, 7) is 9.30. The second-order valence-corrected chi connectivity index (χ2v) is 7.87. The molecule has 21 heavy (non-hydrogen) atoms. The highest BCUT2D eigenvalue weighted by Gasteiger charge is 2.35. The topological polar surface area (TPSA) is 46.3 Å². The fourth-order valence-electron chi connectivity index (χ4n) is 3.98. The smallest absolute Gasteiger partial charge is 0.219 e. The molecule has 0 spiro atoms. The minimum atomic E-state index is 0.218. The number of rotatable bonds is 1. The molecule has 1 N–H and O–H groups in total. The van der Waals surface area contributed by atoms with E-state index in [2.05, 4.69) is 38.8 Å². The Hall–Kier alpha value is -1.77. The second kappa shape index (κ2) is 4.62. The Labute approximate surface area is 125 Å². The van der Waals surface area contributed by atoms with Gasteiger partial charge in [0.15, 0.2) is 5.58 Å². The first-order valence-electron chi connectivity index (χ1n) is 7.52. The van der Waals surface area contributed by atoms with Gasteiger partial charge in [0.1, 0.15) is 11.3 Å². The van der Waals surface area contributed by atoms with Crippen molar-refractivity contribution in [2.75, 3.05) is 0 Å². The zero-order chi connectivity index (χ0) is 15.3. The summed E-state index contributed by atoms with van der Waals surface area (Å²) >= 11 is 0. The lowest BCUT2D eigenvalue weighted by atomic mass is 9.63. The van der Waals surface area contributed by atoms with Crippen LogP contribution in [0.15, 0.2) is 28.2 Å². The largest absolute Gasteiger partial charge is 0.508 e. The predicted molar refractivity (Wildman–Crippen MR) is 85.1 cm³/mol. The normalized spacial score (nSPS) is 20.7. The summed E-state index contributed by atoms with van der Waals surface area (Å²) in [6, 6.07) is 5.02. The van der Waals surface area contributed by atoms with E-state index in [0.717, 1.165) is 12.8 Å². The van der Waals surface area contributed by atoms with Crippen LogP contribution in [0.1, 0.15) is 52.8 Å². The van der Waals surface area contributed by atoms with Gasteiger partial charge in [-0.2, -0.15) is 0 Å². The van der Waals surface area contributed by atoms with Crippen LogP contribution >= 0.6 is 0 Å². The molecule has 3 nitrogen and oxygen atoms in total. The summed E-state index contributed by atoms with van der Waals surface area (Å²) in [4.78, 5) is 4.46. The van der Waals surface area contributed by atoms with Crippen LogP contribution in [0.2, 0.25) is 0 Å². The van der Waals surface area contributed by atoms with Gasteiger partial charge in [0.25, 0.3) is 0 Å². The molecule has 1 fully saturated rings. The average molecular weight is 285 g/mol. The number of benzene rings is 1. The zero-order valence-corrected chi connectivity index (χ0v) is 13.2. The van der Waals surface area contributed by atoms with Crippen molar-refractivity contribution in [3.05, 3.63) is 29.7 Å². The lowest BCUT2D eigenvalue weighted by Crippen LogP contribution is -2.29. The summed E-state index contributed by atoms with van der Waals surface area (Å²) < 4.78 is 5.76. The quantitative estimate of drug-likeness (QED) is 0.787.